The van der Waals surface area contributed by atoms with Crippen molar-refractivity contribution >= 4 is 17.5 Å². The first-order chi connectivity index (χ1) is 18.6. The van der Waals surface area contributed by atoms with Crippen LogP contribution in [-0.2, 0) is 30.2 Å². The number of benzene rings is 1. The summed E-state index contributed by atoms with van der Waals surface area (Å²) >= 11 is 0. The summed E-state index contributed by atoms with van der Waals surface area (Å²) in [6, 6.07) is 5.50. The molecule has 2 aliphatic rings. The maximum atomic E-state index is 12.9. The van der Waals surface area contributed by atoms with Crippen molar-refractivity contribution in [3.8, 4) is 5.75 Å². The van der Waals surface area contributed by atoms with Gasteiger partial charge in [-0.3, -0.25) is 4.79 Å². The highest BCUT2D eigenvalue weighted by atomic mass is 16.6. The topological polar surface area (TPSA) is 112 Å². The number of hydrogen-bond acceptors (Lipinski definition) is 8. The molecule has 8 heteroatoms. The van der Waals surface area contributed by atoms with Crippen molar-refractivity contribution in [2.75, 3.05) is 26.4 Å². The zero-order valence-corrected chi connectivity index (χ0v) is 23.6. The van der Waals surface area contributed by atoms with E-state index in [1.54, 1.807) is 18.2 Å². The molecule has 0 bridgehead atoms. The Morgan fingerprint density at radius 1 is 1.10 bits per heavy atom. The quantitative estimate of drug-likeness (QED) is 0.336. The molecule has 2 N–H and O–H groups in total. The third kappa shape index (κ3) is 8.44. The van der Waals surface area contributed by atoms with Crippen LogP contribution in [0.1, 0.15) is 52.2 Å². The van der Waals surface area contributed by atoms with Gasteiger partial charge in [0.25, 0.3) is 0 Å². The Morgan fingerprint density at radius 2 is 1.87 bits per heavy atom. The van der Waals surface area contributed by atoms with Gasteiger partial charge in [-0.2, -0.15) is 0 Å². The van der Waals surface area contributed by atoms with Gasteiger partial charge in [0.05, 0.1) is 18.1 Å². The van der Waals surface area contributed by atoms with Gasteiger partial charge in [-0.15, -0.1) is 0 Å². The Morgan fingerprint density at radius 3 is 2.54 bits per heavy atom. The van der Waals surface area contributed by atoms with E-state index in [1.807, 2.05) is 45.1 Å². The van der Waals surface area contributed by atoms with Crippen molar-refractivity contribution in [3.05, 3.63) is 59.4 Å². The van der Waals surface area contributed by atoms with Crippen LogP contribution in [0, 0.1) is 23.7 Å². The van der Waals surface area contributed by atoms with Gasteiger partial charge in [-0.1, -0.05) is 52.8 Å². The van der Waals surface area contributed by atoms with Crippen LogP contribution in [0.25, 0.3) is 5.57 Å². The largest absolute Gasteiger partial charge is 0.491 e. The summed E-state index contributed by atoms with van der Waals surface area (Å²) in [5.74, 6) is 0.571. The number of aliphatic hydroxyl groups excluding tert-OH is 2. The van der Waals surface area contributed by atoms with E-state index in [-0.39, 0.29) is 50.2 Å². The van der Waals surface area contributed by atoms with E-state index in [9.17, 15) is 14.7 Å². The molecule has 1 heterocycles. The lowest BCUT2D eigenvalue weighted by Crippen LogP contribution is -2.31. The lowest BCUT2D eigenvalue weighted by atomic mass is 9.88. The van der Waals surface area contributed by atoms with Crippen LogP contribution in [0.2, 0.25) is 0 Å². The molecule has 0 saturated heterocycles. The van der Waals surface area contributed by atoms with Gasteiger partial charge in [-0.25, -0.2) is 4.79 Å². The van der Waals surface area contributed by atoms with Gasteiger partial charge < -0.3 is 29.2 Å². The van der Waals surface area contributed by atoms with E-state index in [1.165, 1.54) is 0 Å². The molecule has 0 radical (unpaired) electrons. The fourth-order valence-corrected chi connectivity index (χ4v) is 4.70. The van der Waals surface area contributed by atoms with Gasteiger partial charge in [-0.05, 0) is 60.1 Å². The van der Waals surface area contributed by atoms with Gasteiger partial charge in [0.15, 0.2) is 0 Å². The minimum absolute atomic E-state index is 0.0586. The fraction of sp³-hybridized carbons (Fsp3) is 0.548. The van der Waals surface area contributed by atoms with Crippen molar-refractivity contribution in [2.45, 2.75) is 59.7 Å². The Balaban J connectivity index is 1.57. The molecule has 1 aromatic carbocycles. The molecule has 1 aliphatic heterocycles. The summed E-state index contributed by atoms with van der Waals surface area (Å²) in [5, 5.41) is 19.3. The van der Waals surface area contributed by atoms with E-state index >= 15 is 0 Å². The number of allylic oxidation sites excluding steroid dienone is 1. The van der Waals surface area contributed by atoms with Crippen LogP contribution < -0.4 is 4.74 Å². The molecule has 0 fully saturated rings. The lowest BCUT2D eigenvalue weighted by molar-refractivity contribution is -0.154. The van der Waals surface area contributed by atoms with Gasteiger partial charge >= 0.3 is 11.9 Å². The first-order valence-electron chi connectivity index (χ1n) is 13.8. The number of rotatable bonds is 14. The van der Waals surface area contributed by atoms with Crippen LogP contribution >= 0.6 is 0 Å². The maximum Gasteiger partial charge on any atom is 0.339 e. The van der Waals surface area contributed by atoms with Crippen molar-refractivity contribution < 1.29 is 38.7 Å². The summed E-state index contributed by atoms with van der Waals surface area (Å²) in [4.78, 5) is 25.4. The number of carbonyl (C=O) groups is 2. The number of ether oxygens (including phenoxy) is 4. The summed E-state index contributed by atoms with van der Waals surface area (Å²) in [5.41, 5.74) is 2.24. The summed E-state index contributed by atoms with van der Waals surface area (Å²) < 4.78 is 22.3. The van der Waals surface area contributed by atoms with Crippen LogP contribution in [0.5, 0.6) is 5.75 Å². The summed E-state index contributed by atoms with van der Waals surface area (Å²) in [6.07, 6.45) is 7.26. The second-order valence-electron chi connectivity index (χ2n) is 10.8. The predicted molar refractivity (Wildman–Crippen MR) is 148 cm³/mol. The molecular weight excluding hydrogens is 500 g/mol. The van der Waals surface area contributed by atoms with Crippen molar-refractivity contribution in [1.29, 1.82) is 0 Å². The highest BCUT2D eigenvalue weighted by Crippen LogP contribution is 2.34. The normalized spacial score (nSPS) is 20.1. The molecular formula is C31H42O8. The molecule has 0 spiro atoms. The van der Waals surface area contributed by atoms with E-state index in [0.29, 0.717) is 29.4 Å². The number of carbonyl (C=O) groups excluding carboxylic acids is 2. The highest BCUT2D eigenvalue weighted by Gasteiger charge is 2.32. The molecule has 8 nitrogen and oxygen atoms in total. The standard InChI is InChI=1S/C31H42O8/c1-6-21-14-24(36-12-11-32)9-10-26(21)28-15-22-7-8-25(16-29(22)39-31(28)35)37-17-23(33)18-38-30(34)27(20(4)5)13-19(2)3/h7-10,14-16,19-20,22-23,27,29,32-33H,6,11-13,17-18H2,1-5H3. The number of aryl methyl sites for hydroxylation is 1. The van der Waals surface area contributed by atoms with E-state index < -0.39 is 18.2 Å². The van der Waals surface area contributed by atoms with E-state index in [0.717, 1.165) is 17.5 Å². The Labute approximate surface area is 231 Å². The molecule has 0 aromatic heterocycles. The third-order valence-corrected chi connectivity index (χ3v) is 6.81. The minimum Gasteiger partial charge on any atom is -0.491 e. The fourth-order valence-electron chi connectivity index (χ4n) is 4.70. The molecule has 3 rings (SSSR count). The number of esters is 2. The number of fused-ring (bicyclic) bond motifs is 1. The van der Waals surface area contributed by atoms with Crippen LogP contribution in [0.4, 0.5) is 0 Å². The third-order valence-electron chi connectivity index (χ3n) is 6.81. The van der Waals surface area contributed by atoms with Crippen LogP contribution in [0.3, 0.4) is 0 Å². The second-order valence-corrected chi connectivity index (χ2v) is 10.8. The van der Waals surface area contributed by atoms with Gasteiger partial charge in [0.2, 0.25) is 0 Å². The second kappa shape index (κ2) is 14.3. The van der Waals surface area contributed by atoms with E-state index in [4.69, 9.17) is 24.1 Å². The number of aliphatic hydroxyl groups is 2. The van der Waals surface area contributed by atoms with Gasteiger partial charge in [0, 0.05) is 5.92 Å². The molecule has 0 saturated carbocycles. The smallest absolute Gasteiger partial charge is 0.339 e. The monoisotopic (exact) mass is 542 g/mol. The zero-order valence-electron chi connectivity index (χ0n) is 23.6. The first kappa shape index (κ1) is 30.4. The minimum atomic E-state index is -0.981. The molecule has 1 aromatic rings. The Hall–Kier alpha value is -3.10. The zero-order chi connectivity index (χ0) is 28.5. The average molecular weight is 543 g/mol. The van der Waals surface area contributed by atoms with Crippen LogP contribution in [-0.4, -0.2) is 60.8 Å². The number of hydrogen-bond donors (Lipinski definition) is 2. The van der Waals surface area contributed by atoms with Crippen molar-refractivity contribution in [2.24, 2.45) is 23.7 Å². The maximum absolute atomic E-state index is 12.9. The Bertz CT molecular complexity index is 1080. The lowest BCUT2D eigenvalue weighted by Gasteiger charge is -2.29. The molecule has 39 heavy (non-hydrogen) atoms. The molecule has 0 amide bonds. The van der Waals surface area contributed by atoms with Crippen LogP contribution in [0.15, 0.2) is 48.3 Å². The summed E-state index contributed by atoms with van der Waals surface area (Å²) in [7, 11) is 0. The van der Waals surface area contributed by atoms with Crippen molar-refractivity contribution in [1.82, 2.24) is 0 Å². The molecule has 4 unspecified atom stereocenters. The molecule has 214 valence electrons. The molecule has 1 aliphatic carbocycles. The van der Waals surface area contributed by atoms with E-state index in [2.05, 4.69) is 13.8 Å². The van der Waals surface area contributed by atoms with Crippen molar-refractivity contribution in [3.63, 3.8) is 0 Å². The Kier molecular flexibility index (Phi) is 11.2. The average Bonchev–Trinajstić information content (AvgIpc) is 2.91. The van der Waals surface area contributed by atoms with Gasteiger partial charge in [0.1, 0.15) is 43.5 Å². The SMILES string of the molecule is CCc1cc(OCCO)ccc1C1=CC2C=CC(OCC(O)COC(=O)C(CC(C)C)C(C)C)=CC2OC1=O. The first-order valence-corrected chi connectivity index (χ1v) is 13.8. The summed E-state index contributed by atoms with van der Waals surface area (Å²) in [6.45, 7) is 10.1. The highest BCUT2D eigenvalue weighted by molar-refractivity contribution is 6.17. The predicted octanol–water partition coefficient (Wildman–Crippen LogP) is 4.24. The molecule has 4 atom stereocenters.